The van der Waals surface area contributed by atoms with Crippen LogP contribution in [0.5, 0.6) is 0 Å². The molecule has 0 N–H and O–H groups in total. The predicted octanol–water partition coefficient (Wildman–Crippen LogP) is 2.25. The van der Waals surface area contributed by atoms with E-state index in [0.29, 0.717) is 51.5 Å². The number of hydrogen-bond acceptors (Lipinski definition) is 7. The van der Waals surface area contributed by atoms with E-state index in [1.807, 2.05) is 48.2 Å². The first kappa shape index (κ1) is 24.3. The molecule has 1 aliphatic heterocycles. The molecule has 0 amide bonds. The molecule has 2 heterocycles. The van der Waals surface area contributed by atoms with Gasteiger partial charge in [0.25, 0.3) is 0 Å². The number of carbonyl (C=O) groups excluding carboxylic acids is 1. The minimum absolute atomic E-state index is 0.120. The Hall–Kier alpha value is -2.79. The van der Waals surface area contributed by atoms with Gasteiger partial charge in [0, 0.05) is 26.2 Å². The first-order chi connectivity index (χ1) is 16.4. The van der Waals surface area contributed by atoms with Crippen LogP contribution in [0.15, 0.2) is 53.4 Å². The average Bonchev–Trinajstić information content (AvgIpc) is 3.21. The fraction of sp³-hybridized carbons (Fsp3) is 0.417. The van der Waals surface area contributed by atoms with Crippen molar-refractivity contribution in [2.75, 3.05) is 40.0 Å². The van der Waals surface area contributed by atoms with E-state index < -0.39 is 10.0 Å². The fourth-order valence-corrected chi connectivity index (χ4v) is 5.61. The van der Waals surface area contributed by atoms with Gasteiger partial charge in [-0.3, -0.25) is 9.69 Å². The van der Waals surface area contributed by atoms with Gasteiger partial charge in [-0.15, -0.1) is 0 Å². The maximum atomic E-state index is 13.1. The summed E-state index contributed by atoms with van der Waals surface area (Å²) in [6, 6.07) is 15.0. The summed E-state index contributed by atoms with van der Waals surface area (Å²) in [6.07, 6.45) is 0. The predicted molar refractivity (Wildman–Crippen MR) is 128 cm³/mol. The van der Waals surface area contributed by atoms with Crippen molar-refractivity contribution in [3.8, 4) is 0 Å². The molecule has 1 aliphatic rings. The van der Waals surface area contributed by atoms with Crippen molar-refractivity contribution < 1.29 is 22.7 Å². The monoisotopic (exact) mass is 486 g/mol. The number of esters is 1. The number of methoxy groups -OCH3 is 1. The van der Waals surface area contributed by atoms with Gasteiger partial charge < -0.3 is 14.0 Å². The van der Waals surface area contributed by atoms with E-state index in [4.69, 9.17) is 14.5 Å². The van der Waals surface area contributed by atoms with Crippen molar-refractivity contribution in [3.05, 3.63) is 59.9 Å². The summed E-state index contributed by atoms with van der Waals surface area (Å²) in [5.74, 6) is 0.437. The second-order valence-corrected chi connectivity index (χ2v) is 10.1. The second-order valence-electron chi connectivity index (χ2n) is 8.15. The largest absolute Gasteiger partial charge is 0.468 e. The molecule has 1 fully saturated rings. The SMILES string of the molecule is CCn1c(CN(CC(=O)OC)Cc2ccccc2)nc2cc(S(=O)(=O)N3CCOCC3)ccc21. The van der Waals surface area contributed by atoms with Crippen molar-refractivity contribution in [1.82, 2.24) is 18.8 Å². The summed E-state index contributed by atoms with van der Waals surface area (Å²) < 4.78 is 39.9. The van der Waals surface area contributed by atoms with Crippen LogP contribution in [0.25, 0.3) is 11.0 Å². The van der Waals surface area contributed by atoms with Crippen LogP contribution < -0.4 is 0 Å². The highest BCUT2D eigenvalue weighted by atomic mass is 32.2. The molecule has 0 saturated carbocycles. The Balaban J connectivity index is 1.64. The smallest absolute Gasteiger partial charge is 0.319 e. The molecule has 182 valence electrons. The fourth-order valence-electron chi connectivity index (χ4n) is 4.19. The third kappa shape index (κ3) is 5.30. The van der Waals surface area contributed by atoms with Gasteiger partial charge in [0.15, 0.2) is 0 Å². The Labute approximate surface area is 199 Å². The Kier molecular flexibility index (Phi) is 7.62. The van der Waals surface area contributed by atoms with E-state index in [-0.39, 0.29) is 17.4 Å². The molecule has 3 aromatic rings. The number of ether oxygens (including phenoxy) is 2. The first-order valence-electron chi connectivity index (χ1n) is 11.3. The molecule has 9 nitrogen and oxygen atoms in total. The van der Waals surface area contributed by atoms with Crippen molar-refractivity contribution in [1.29, 1.82) is 0 Å². The summed E-state index contributed by atoms with van der Waals surface area (Å²) in [5, 5.41) is 0. The highest BCUT2D eigenvalue weighted by molar-refractivity contribution is 7.89. The van der Waals surface area contributed by atoms with Crippen LogP contribution in [0, 0.1) is 0 Å². The molecule has 34 heavy (non-hydrogen) atoms. The molecule has 0 unspecified atom stereocenters. The quantitative estimate of drug-likeness (QED) is 0.428. The Morgan fingerprint density at radius 2 is 1.85 bits per heavy atom. The molecule has 1 saturated heterocycles. The van der Waals surface area contributed by atoms with Crippen LogP contribution >= 0.6 is 0 Å². The molecule has 10 heteroatoms. The van der Waals surface area contributed by atoms with Gasteiger partial charge >= 0.3 is 5.97 Å². The molecule has 4 rings (SSSR count). The second kappa shape index (κ2) is 10.6. The molecule has 0 aliphatic carbocycles. The van der Waals surface area contributed by atoms with Crippen molar-refractivity contribution >= 4 is 27.0 Å². The number of imidazole rings is 1. The number of carbonyl (C=O) groups is 1. The van der Waals surface area contributed by atoms with E-state index in [1.54, 1.807) is 12.1 Å². The minimum atomic E-state index is -3.61. The minimum Gasteiger partial charge on any atom is -0.468 e. The normalized spacial score (nSPS) is 15.1. The standard InChI is InChI=1S/C24H30N4O5S/c1-3-28-22-10-9-20(34(30,31)27-11-13-33-14-12-27)15-21(22)25-23(28)17-26(18-24(29)32-2)16-19-7-5-4-6-8-19/h4-10,15H,3,11-14,16-18H2,1-2H3. The zero-order chi connectivity index (χ0) is 24.1. The summed E-state index contributed by atoms with van der Waals surface area (Å²) in [7, 11) is -2.24. The highest BCUT2D eigenvalue weighted by Crippen LogP contribution is 2.24. The maximum Gasteiger partial charge on any atom is 0.319 e. The maximum absolute atomic E-state index is 13.1. The van der Waals surface area contributed by atoms with E-state index >= 15 is 0 Å². The van der Waals surface area contributed by atoms with Crippen molar-refractivity contribution in [2.45, 2.75) is 31.5 Å². The number of fused-ring (bicyclic) bond motifs is 1. The van der Waals surface area contributed by atoms with Crippen molar-refractivity contribution in [2.24, 2.45) is 0 Å². The van der Waals surface area contributed by atoms with Crippen molar-refractivity contribution in [3.63, 3.8) is 0 Å². The Morgan fingerprint density at radius 1 is 1.12 bits per heavy atom. The van der Waals surface area contributed by atoms with Crippen LogP contribution in [-0.4, -0.2) is 73.1 Å². The van der Waals surface area contributed by atoms with Gasteiger partial charge in [-0.25, -0.2) is 13.4 Å². The van der Waals surface area contributed by atoms with Gasteiger partial charge in [-0.2, -0.15) is 4.31 Å². The van der Waals surface area contributed by atoms with Gasteiger partial charge in [0.2, 0.25) is 10.0 Å². The number of rotatable bonds is 9. The van der Waals surface area contributed by atoms with E-state index in [2.05, 4.69) is 4.57 Å². The van der Waals surface area contributed by atoms with E-state index in [0.717, 1.165) is 16.9 Å². The lowest BCUT2D eigenvalue weighted by molar-refractivity contribution is -0.142. The van der Waals surface area contributed by atoms with E-state index in [9.17, 15) is 13.2 Å². The molecule has 0 atom stereocenters. The molecular weight excluding hydrogens is 456 g/mol. The van der Waals surface area contributed by atoms with Gasteiger partial charge in [0.05, 0.1) is 49.3 Å². The number of benzene rings is 2. The zero-order valence-corrected chi connectivity index (χ0v) is 20.3. The number of aryl methyl sites for hydroxylation is 1. The summed E-state index contributed by atoms with van der Waals surface area (Å²) >= 11 is 0. The van der Waals surface area contributed by atoms with Gasteiger partial charge in [-0.05, 0) is 30.7 Å². The first-order valence-corrected chi connectivity index (χ1v) is 12.8. The Morgan fingerprint density at radius 3 is 2.53 bits per heavy atom. The number of morpholine rings is 1. The third-order valence-corrected chi connectivity index (χ3v) is 7.81. The summed E-state index contributed by atoms with van der Waals surface area (Å²) in [4.78, 5) is 19.0. The van der Waals surface area contributed by atoms with Crippen LogP contribution in [0.4, 0.5) is 0 Å². The van der Waals surface area contributed by atoms with Gasteiger partial charge in [0.1, 0.15) is 5.82 Å². The molecule has 0 bridgehead atoms. The topological polar surface area (TPSA) is 94.0 Å². The zero-order valence-electron chi connectivity index (χ0n) is 19.5. The lowest BCUT2D eigenvalue weighted by Crippen LogP contribution is -2.40. The summed E-state index contributed by atoms with van der Waals surface area (Å²) in [6.45, 7) is 5.26. The number of hydrogen-bond donors (Lipinski definition) is 0. The molecule has 1 aromatic heterocycles. The molecule has 2 aromatic carbocycles. The van der Waals surface area contributed by atoms with Gasteiger partial charge in [-0.1, -0.05) is 30.3 Å². The molecule has 0 radical (unpaired) electrons. The lowest BCUT2D eigenvalue weighted by Gasteiger charge is -2.26. The van der Waals surface area contributed by atoms with Crippen LogP contribution in [-0.2, 0) is 43.9 Å². The number of sulfonamides is 1. The van der Waals surface area contributed by atoms with Crippen LogP contribution in [0.2, 0.25) is 0 Å². The average molecular weight is 487 g/mol. The highest BCUT2D eigenvalue weighted by Gasteiger charge is 2.27. The number of aromatic nitrogens is 2. The number of nitrogens with zero attached hydrogens (tertiary/aromatic N) is 4. The van der Waals surface area contributed by atoms with E-state index in [1.165, 1.54) is 11.4 Å². The lowest BCUT2D eigenvalue weighted by atomic mass is 10.2. The molecular formula is C24H30N4O5S. The molecule has 0 spiro atoms. The summed E-state index contributed by atoms with van der Waals surface area (Å²) in [5.41, 5.74) is 2.55. The Bertz CT molecular complexity index is 1240. The van der Waals surface area contributed by atoms with Crippen LogP contribution in [0.3, 0.4) is 0 Å². The van der Waals surface area contributed by atoms with Crippen LogP contribution in [0.1, 0.15) is 18.3 Å². The third-order valence-electron chi connectivity index (χ3n) is 5.92.